The fourth-order valence-corrected chi connectivity index (χ4v) is 25.3. The zero-order valence-electron chi connectivity index (χ0n) is 51.6. The van der Waals surface area contributed by atoms with Crippen molar-refractivity contribution in [3.63, 3.8) is 0 Å². The van der Waals surface area contributed by atoms with E-state index >= 15 is 0 Å². The van der Waals surface area contributed by atoms with Crippen LogP contribution in [0.2, 0.25) is 0 Å². The van der Waals surface area contributed by atoms with Gasteiger partial charge in [-0.2, -0.15) is 0 Å². The monoisotopic (exact) mass is 1250 g/mol. The van der Waals surface area contributed by atoms with Crippen LogP contribution in [-0.2, 0) is 0 Å². The quantitative estimate of drug-likeness (QED) is 0.0904. The van der Waals surface area contributed by atoms with E-state index in [4.69, 9.17) is 15.0 Å². The summed E-state index contributed by atoms with van der Waals surface area (Å²) in [4.78, 5) is 17.3. The van der Waals surface area contributed by atoms with E-state index < -0.39 is 16.1 Å². The molecule has 10 heteroatoms. The van der Waals surface area contributed by atoms with Crippen molar-refractivity contribution in [2.75, 3.05) is 0 Å². The molecule has 0 aliphatic rings. The fraction of sp³-hybridized carbons (Fsp3) is 0. The highest BCUT2D eigenvalue weighted by Gasteiger charge is 2.43. The van der Waals surface area contributed by atoms with E-state index in [0.29, 0.717) is 0 Å². The molecular formula is C85H58N8Si2. The lowest BCUT2D eigenvalue weighted by molar-refractivity contribution is 0.983. The smallest absolute Gasteiger partial charge is 0.221 e. The van der Waals surface area contributed by atoms with Gasteiger partial charge in [0.2, 0.25) is 11.6 Å². The molecule has 0 aliphatic carbocycles. The molecule has 0 amide bonds. The van der Waals surface area contributed by atoms with Gasteiger partial charge in [-0.3, -0.25) is 17.9 Å². The standard InChI is InChI=1S/C85H58N8Si2/c1-7-30-62(31-8-1)94(63-32-9-2-10-33-63,64-34-11-3-12-35-64)68-50-52-72-80(57-68)90-76-46-23-25-48-78(76)92(84(90)86-72)82-55-60(59-28-27-29-61(54-59)89-74-44-21-19-42-70(74)71-43-20-22-45-75(71)89)56-83(88-82)93-79-49-26-24-47-77(79)91-81-58-69(51-53-73(81)87-85(91)93)95(65-36-13-4-14-37-65,66-38-15-5-16-39-66)67-40-17-6-18-41-67/h1-58H. The maximum absolute atomic E-state index is 5.92. The Bertz CT molecular complexity index is 5610. The van der Waals surface area contributed by atoms with Crippen LogP contribution in [0.15, 0.2) is 352 Å². The summed E-state index contributed by atoms with van der Waals surface area (Å²) in [5, 5.41) is 12.9. The second kappa shape index (κ2) is 21.7. The van der Waals surface area contributed by atoms with Crippen molar-refractivity contribution >= 4 is 135 Å². The summed E-state index contributed by atoms with van der Waals surface area (Å²) in [6.45, 7) is 0. The van der Waals surface area contributed by atoms with E-state index in [1.165, 1.54) is 52.3 Å². The van der Waals surface area contributed by atoms with Gasteiger partial charge in [0.25, 0.3) is 0 Å². The van der Waals surface area contributed by atoms with Crippen molar-refractivity contribution in [2.24, 2.45) is 0 Å². The molecule has 13 aromatic carbocycles. The third-order valence-electron chi connectivity index (χ3n) is 19.8. The first-order chi connectivity index (χ1) is 47.1. The number of aromatic nitrogens is 8. The molecule has 0 saturated carbocycles. The molecule has 8 nitrogen and oxygen atoms in total. The van der Waals surface area contributed by atoms with Gasteiger partial charge in [0.1, 0.15) is 11.6 Å². The zero-order valence-corrected chi connectivity index (χ0v) is 53.6. The van der Waals surface area contributed by atoms with Gasteiger partial charge in [-0.25, -0.2) is 15.0 Å². The molecule has 0 N–H and O–H groups in total. The van der Waals surface area contributed by atoms with Gasteiger partial charge in [0.15, 0.2) is 16.1 Å². The number of para-hydroxylation sites is 6. The Labute approximate surface area is 549 Å². The average molecular weight is 1250 g/mol. The van der Waals surface area contributed by atoms with Gasteiger partial charge in [-0.1, -0.05) is 267 Å². The second-order valence-corrected chi connectivity index (χ2v) is 32.4. The van der Waals surface area contributed by atoms with Crippen LogP contribution in [0.4, 0.5) is 0 Å². The molecule has 0 saturated heterocycles. The zero-order chi connectivity index (χ0) is 62.6. The minimum absolute atomic E-state index is 0.724. The Morgan fingerprint density at radius 3 is 0.926 bits per heavy atom. The topological polar surface area (TPSA) is 62.3 Å². The number of pyridine rings is 1. The van der Waals surface area contributed by atoms with E-state index in [1.54, 1.807) is 0 Å². The molecule has 0 radical (unpaired) electrons. The largest absolute Gasteiger partial charge is 0.309 e. The predicted octanol–water partition coefficient (Wildman–Crippen LogP) is 14.1. The number of fused-ring (bicyclic) bond motifs is 13. The summed E-state index contributed by atoms with van der Waals surface area (Å²) >= 11 is 0. The van der Waals surface area contributed by atoms with E-state index in [0.717, 1.165) is 95.2 Å². The van der Waals surface area contributed by atoms with Gasteiger partial charge in [0.05, 0.1) is 55.2 Å². The molecule has 0 fully saturated rings. The average Bonchev–Trinajstić information content (AvgIpc) is 1.67. The summed E-state index contributed by atoms with van der Waals surface area (Å²) in [7, 11) is -5.86. The minimum Gasteiger partial charge on any atom is -0.309 e. The van der Waals surface area contributed by atoms with Gasteiger partial charge < -0.3 is 4.57 Å². The maximum atomic E-state index is 5.92. The van der Waals surface area contributed by atoms with E-state index in [9.17, 15) is 0 Å². The molecule has 19 rings (SSSR count). The Balaban J connectivity index is 0.873. The Morgan fingerprint density at radius 1 is 0.211 bits per heavy atom. The van der Waals surface area contributed by atoms with Crippen molar-refractivity contribution in [1.29, 1.82) is 0 Å². The van der Waals surface area contributed by atoms with Crippen LogP contribution in [0.3, 0.4) is 0 Å². The summed E-state index contributed by atoms with van der Waals surface area (Å²) in [5.74, 6) is 2.98. The maximum Gasteiger partial charge on any atom is 0.221 e. The van der Waals surface area contributed by atoms with Crippen LogP contribution < -0.4 is 41.5 Å². The summed E-state index contributed by atoms with van der Waals surface area (Å²) < 4.78 is 11.7. The molecule has 0 bridgehead atoms. The first kappa shape index (κ1) is 54.5. The molecule has 446 valence electrons. The molecule has 0 unspecified atom stereocenters. The highest BCUT2D eigenvalue weighted by Crippen LogP contribution is 2.37. The van der Waals surface area contributed by atoms with E-state index in [-0.39, 0.29) is 0 Å². The first-order valence-corrected chi connectivity index (χ1v) is 36.4. The Morgan fingerprint density at radius 2 is 0.547 bits per heavy atom. The van der Waals surface area contributed by atoms with Crippen LogP contribution in [0.1, 0.15) is 0 Å². The van der Waals surface area contributed by atoms with Crippen molar-refractivity contribution < 1.29 is 0 Å². The van der Waals surface area contributed by atoms with E-state index in [2.05, 4.69) is 374 Å². The molecule has 6 heterocycles. The van der Waals surface area contributed by atoms with Crippen LogP contribution in [0.25, 0.3) is 106 Å². The van der Waals surface area contributed by atoms with Gasteiger partial charge in [0, 0.05) is 16.5 Å². The van der Waals surface area contributed by atoms with Crippen LogP contribution in [-0.4, -0.2) is 53.6 Å². The van der Waals surface area contributed by atoms with Gasteiger partial charge in [-0.05, 0) is 138 Å². The Hall–Kier alpha value is -12.2. The lowest BCUT2D eigenvalue weighted by Gasteiger charge is -2.34. The number of benzene rings is 13. The summed E-state index contributed by atoms with van der Waals surface area (Å²) in [6, 6.07) is 129. The third-order valence-corrected chi connectivity index (χ3v) is 29.3. The fourth-order valence-electron chi connectivity index (χ4n) is 15.8. The van der Waals surface area contributed by atoms with Crippen molar-refractivity contribution in [2.45, 2.75) is 0 Å². The molecule has 0 spiro atoms. The van der Waals surface area contributed by atoms with E-state index in [1.807, 2.05) is 0 Å². The lowest BCUT2D eigenvalue weighted by Crippen LogP contribution is -2.74. The molecule has 0 atom stereocenters. The molecular weight excluding hydrogens is 1190 g/mol. The van der Waals surface area contributed by atoms with Crippen LogP contribution in [0, 0.1) is 0 Å². The molecule has 0 aliphatic heterocycles. The number of nitrogens with zero attached hydrogens (tertiary/aromatic N) is 8. The lowest BCUT2D eigenvalue weighted by atomic mass is 10.1. The summed E-state index contributed by atoms with van der Waals surface area (Å²) in [5.41, 5.74) is 13.3. The Kier molecular flexibility index (Phi) is 12.5. The number of hydrogen-bond donors (Lipinski definition) is 0. The van der Waals surface area contributed by atoms with Crippen LogP contribution in [0.5, 0.6) is 0 Å². The highest BCUT2D eigenvalue weighted by atomic mass is 28.3. The second-order valence-electron chi connectivity index (χ2n) is 24.7. The predicted molar refractivity (Wildman–Crippen MR) is 397 cm³/mol. The van der Waals surface area contributed by atoms with Crippen molar-refractivity contribution in [1.82, 2.24) is 37.5 Å². The molecule has 6 aromatic heterocycles. The molecule has 95 heavy (non-hydrogen) atoms. The summed E-state index contributed by atoms with van der Waals surface area (Å²) in [6.07, 6.45) is 0. The third kappa shape index (κ3) is 8.21. The van der Waals surface area contributed by atoms with Gasteiger partial charge >= 0.3 is 0 Å². The SMILES string of the molecule is c1ccc([Si](c2ccccc2)(c2ccccc2)c2ccc3nc4n(-c5cc(-c6cccc(-n7c8ccccc8c8ccccc87)c6)cc(-n6c7ccccc7n7c8cc([Si](c9ccccc9)(c9ccccc9)c9ccccc9)ccc8nc67)n5)c5ccccc5n4c3c2)cc1. The van der Waals surface area contributed by atoms with Crippen molar-refractivity contribution in [3.05, 3.63) is 352 Å². The highest BCUT2D eigenvalue weighted by molar-refractivity contribution is 7.20. The molecule has 19 aromatic rings. The normalized spacial score (nSPS) is 12.2. The van der Waals surface area contributed by atoms with Gasteiger partial charge in [-0.15, -0.1) is 0 Å². The van der Waals surface area contributed by atoms with Crippen LogP contribution >= 0.6 is 0 Å². The minimum atomic E-state index is -2.93. The number of hydrogen-bond acceptors (Lipinski definition) is 3. The van der Waals surface area contributed by atoms with Crippen molar-refractivity contribution in [3.8, 4) is 28.5 Å². The number of rotatable bonds is 12. The first-order valence-electron chi connectivity index (χ1n) is 32.4. The number of imidazole rings is 4.